The number of nitrogens with zero attached hydrogens (tertiary/aromatic N) is 1. The lowest BCUT2D eigenvalue weighted by molar-refractivity contribution is 0.268. The molecule has 5 nitrogen and oxygen atoms in total. The van der Waals surface area contributed by atoms with Gasteiger partial charge in [-0.1, -0.05) is 18.5 Å². The summed E-state index contributed by atoms with van der Waals surface area (Å²) in [6.07, 6.45) is 1.77. The molecule has 1 aliphatic rings. The van der Waals surface area contributed by atoms with Crippen molar-refractivity contribution in [1.82, 2.24) is 9.62 Å². The summed E-state index contributed by atoms with van der Waals surface area (Å²) in [6, 6.07) is 3.17. The summed E-state index contributed by atoms with van der Waals surface area (Å²) >= 11 is 6.11. The highest BCUT2D eigenvalue weighted by Crippen LogP contribution is 2.32. The molecule has 1 N–H and O–H groups in total. The Hall–Kier alpha value is -0.820. The first-order valence-corrected chi connectivity index (χ1v) is 9.77. The van der Waals surface area contributed by atoms with Gasteiger partial charge in [0.05, 0.1) is 17.0 Å². The third-order valence-electron chi connectivity index (χ3n) is 4.32. The van der Waals surface area contributed by atoms with Crippen molar-refractivity contribution in [2.45, 2.75) is 31.6 Å². The van der Waals surface area contributed by atoms with Gasteiger partial charge in [-0.15, -0.1) is 0 Å². The van der Waals surface area contributed by atoms with Gasteiger partial charge in [0.25, 0.3) is 0 Å². The summed E-state index contributed by atoms with van der Waals surface area (Å²) < 4.78 is 32.5. The minimum absolute atomic E-state index is 0.272. The minimum atomic E-state index is -3.51. The predicted molar refractivity (Wildman–Crippen MR) is 92.8 cm³/mol. The van der Waals surface area contributed by atoms with E-state index in [2.05, 4.69) is 12.2 Å². The quantitative estimate of drug-likeness (QED) is 0.847. The number of piperidine rings is 1. The van der Waals surface area contributed by atoms with Gasteiger partial charge in [0.15, 0.2) is 0 Å². The molecule has 1 saturated heterocycles. The van der Waals surface area contributed by atoms with Gasteiger partial charge in [-0.2, -0.15) is 4.31 Å². The number of hydrogen-bond donors (Lipinski definition) is 1. The zero-order chi connectivity index (χ0) is 17.0. The highest BCUT2D eigenvalue weighted by molar-refractivity contribution is 7.89. The molecule has 0 spiro atoms. The monoisotopic (exact) mass is 360 g/mol. The molecule has 1 fully saturated rings. The highest BCUT2D eigenvalue weighted by atomic mass is 35.5. The van der Waals surface area contributed by atoms with Gasteiger partial charge >= 0.3 is 0 Å². The Balaban J connectivity index is 2.15. The van der Waals surface area contributed by atoms with E-state index in [1.165, 1.54) is 13.2 Å². The number of methoxy groups -OCH3 is 1. The first-order valence-electron chi connectivity index (χ1n) is 7.95. The molecule has 0 bridgehead atoms. The second-order valence-corrected chi connectivity index (χ2v) is 8.22. The standard InChI is InChI=1S/C16H25ClN2O3S/c1-4-18-11-13-5-7-19(8-6-13)23(20,21)16-10-14(17)15(22-3)9-12(16)2/h9-10,13,18H,4-8,11H2,1-3H3. The van der Waals surface area contributed by atoms with Crippen molar-refractivity contribution in [3.05, 3.63) is 22.7 Å². The third kappa shape index (κ3) is 4.18. The Morgan fingerprint density at radius 3 is 2.57 bits per heavy atom. The normalized spacial score (nSPS) is 17.4. The number of nitrogens with one attached hydrogen (secondary N) is 1. The Morgan fingerprint density at radius 2 is 2.00 bits per heavy atom. The zero-order valence-corrected chi connectivity index (χ0v) is 15.5. The van der Waals surface area contributed by atoms with E-state index in [0.717, 1.165) is 25.9 Å². The van der Waals surface area contributed by atoms with Crippen molar-refractivity contribution in [2.24, 2.45) is 5.92 Å². The molecule has 1 aliphatic heterocycles. The van der Waals surface area contributed by atoms with Gasteiger partial charge in [-0.25, -0.2) is 8.42 Å². The van der Waals surface area contributed by atoms with Crippen molar-refractivity contribution in [3.8, 4) is 5.75 Å². The maximum atomic E-state index is 12.9. The average molecular weight is 361 g/mol. The molecule has 0 amide bonds. The first kappa shape index (κ1) is 18.5. The molecule has 1 aromatic rings. The third-order valence-corrected chi connectivity index (χ3v) is 6.66. The molecule has 0 unspecified atom stereocenters. The van der Waals surface area contributed by atoms with Crippen LogP contribution >= 0.6 is 11.6 Å². The van der Waals surface area contributed by atoms with Crippen LogP contribution in [0, 0.1) is 12.8 Å². The van der Waals surface area contributed by atoms with Crippen LogP contribution in [0.3, 0.4) is 0 Å². The second-order valence-electron chi connectivity index (χ2n) is 5.91. The van der Waals surface area contributed by atoms with Crippen LogP contribution < -0.4 is 10.1 Å². The molecule has 0 radical (unpaired) electrons. The smallest absolute Gasteiger partial charge is 0.243 e. The molecule has 130 valence electrons. The van der Waals surface area contributed by atoms with Crippen LogP contribution in [0.1, 0.15) is 25.3 Å². The van der Waals surface area contributed by atoms with E-state index in [0.29, 0.717) is 35.3 Å². The number of ether oxygens (including phenoxy) is 1. The predicted octanol–water partition coefficient (Wildman–Crippen LogP) is 2.67. The largest absolute Gasteiger partial charge is 0.495 e. The fourth-order valence-electron chi connectivity index (χ4n) is 2.91. The van der Waals surface area contributed by atoms with Gasteiger partial charge < -0.3 is 10.1 Å². The number of sulfonamides is 1. The number of rotatable bonds is 6. The van der Waals surface area contributed by atoms with Crippen molar-refractivity contribution < 1.29 is 13.2 Å². The summed E-state index contributed by atoms with van der Waals surface area (Å²) in [4.78, 5) is 0.272. The van der Waals surface area contributed by atoms with Gasteiger partial charge in [-0.3, -0.25) is 0 Å². The van der Waals surface area contributed by atoms with Crippen LogP contribution in [0.4, 0.5) is 0 Å². The summed E-state index contributed by atoms with van der Waals surface area (Å²) in [5, 5.41) is 3.65. The van der Waals surface area contributed by atoms with Crippen molar-refractivity contribution in [3.63, 3.8) is 0 Å². The van der Waals surface area contributed by atoms with Gasteiger partial charge in [0, 0.05) is 13.1 Å². The Labute approximate surface area is 144 Å². The van der Waals surface area contributed by atoms with E-state index in [4.69, 9.17) is 16.3 Å². The first-order chi connectivity index (χ1) is 10.9. The molecular weight excluding hydrogens is 336 g/mol. The maximum Gasteiger partial charge on any atom is 0.243 e. The van der Waals surface area contributed by atoms with Crippen LogP contribution in [0.25, 0.3) is 0 Å². The topological polar surface area (TPSA) is 58.6 Å². The van der Waals surface area contributed by atoms with Crippen LogP contribution in [0.5, 0.6) is 5.75 Å². The molecule has 0 atom stereocenters. The summed E-state index contributed by atoms with van der Waals surface area (Å²) in [6.45, 7) is 6.86. The van der Waals surface area contributed by atoms with Gasteiger partial charge in [0.1, 0.15) is 5.75 Å². The lowest BCUT2D eigenvalue weighted by atomic mass is 9.98. The SMILES string of the molecule is CCNCC1CCN(S(=O)(=O)c2cc(Cl)c(OC)cc2C)CC1. The van der Waals surface area contributed by atoms with Crippen molar-refractivity contribution in [1.29, 1.82) is 0 Å². The van der Waals surface area contributed by atoms with E-state index < -0.39 is 10.0 Å². The molecule has 0 aliphatic carbocycles. The van der Waals surface area contributed by atoms with E-state index >= 15 is 0 Å². The number of hydrogen-bond acceptors (Lipinski definition) is 4. The molecule has 7 heteroatoms. The van der Waals surface area contributed by atoms with Gasteiger partial charge in [0.2, 0.25) is 10.0 Å². The number of benzene rings is 1. The molecule has 0 aromatic heterocycles. The van der Waals surface area contributed by atoms with E-state index in [9.17, 15) is 8.42 Å². The Kier molecular flexibility index (Phi) is 6.31. The average Bonchev–Trinajstić information content (AvgIpc) is 2.54. The molecule has 1 heterocycles. The van der Waals surface area contributed by atoms with Crippen LogP contribution in [-0.4, -0.2) is 46.0 Å². The van der Waals surface area contributed by atoms with E-state index in [1.807, 2.05) is 0 Å². The molecule has 0 saturated carbocycles. The fourth-order valence-corrected chi connectivity index (χ4v) is 4.92. The maximum absolute atomic E-state index is 12.9. The van der Waals surface area contributed by atoms with Crippen LogP contribution in [-0.2, 0) is 10.0 Å². The fraction of sp³-hybridized carbons (Fsp3) is 0.625. The molecule has 2 rings (SSSR count). The summed E-state index contributed by atoms with van der Waals surface area (Å²) in [7, 11) is -1.99. The number of aryl methyl sites for hydroxylation is 1. The van der Waals surface area contributed by atoms with Gasteiger partial charge in [-0.05, 0) is 56.5 Å². The zero-order valence-electron chi connectivity index (χ0n) is 13.9. The Bertz CT molecular complexity index is 641. The Morgan fingerprint density at radius 1 is 1.35 bits per heavy atom. The summed E-state index contributed by atoms with van der Waals surface area (Å²) in [5.74, 6) is 1.04. The van der Waals surface area contributed by atoms with Crippen LogP contribution in [0.2, 0.25) is 5.02 Å². The van der Waals surface area contributed by atoms with Crippen molar-refractivity contribution in [2.75, 3.05) is 33.3 Å². The van der Waals surface area contributed by atoms with Crippen molar-refractivity contribution >= 4 is 21.6 Å². The number of halogens is 1. The molecule has 23 heavy (non-hydrogen) atoms. The minimum Gasteiger partial charge on any atom is -0.495 e. The molecule has 1 aromatic carbocycles. The lowest BCUT2D eigenvalue weighted by Crippen LogP contribution is -2.40. The molecular formula is C16H25ClN2O3S. The van der Waals surface area contributed by atoms with Crippen LogP contribution in [0.15, 0.2) is 17.0 Å². The highest BCUT2D eigenvalue weighted by Gasteiger charge is 2.30. The summed E-state index contributed by atoms with van der Waals surface area (Å²) in [5.41, 5.74) is 0.654. The lowest BCUT2D eigenvalue weighted by Gasteiger charge is -2.31. The van der Waals surface area contributed by atoms with E-state index in [-0.39, 0.29) is 4.90 Å². The second kappa shape index (κ2) is 7.83. The van der Waals surface area contributed by atoms with E-state index in [1.54, 1.807) is 17.3 Å².